The van der Waals surface area contributed by atoms with E-state index in [2.05, 4.69) is 37.9 Å². The number of carbonyl (C=O) groups is 1. The Morgan fingerprint density at radius 1 is 1.15 bits per heavy atom. The Hall–Kier alpha value is -0.570. The molecule has 2 rings (SSSR count). The number of hydrogen-bond donors (Lipinski definition) is 1. The average molecular weight is 280 g/mol. The molecule has 2 unspecified atom stereocenters. The summed E-state index contributed by atoms with van der Waals surface area (Å²) in [7, 11) is 0. The summed E-state index contributed by atoms with van der Waals surface area (Å²) < 4.78 is 0. The third-order valence-electron chi connectivity index (χ3n) is 5.02. The predicted molar refractivity (Wildman–Crippen MR) is 83.3 cm³/mol. The summed E-state index contributed by atoms with van der Waals surface area (Å²) in [6.45, 7) is 9.62. The second-order valence-electron chi connectivity index (χ2n) is 7.40. The number of amides is 1. The fraction of sp³-hybridized carbons (Fsp3) is 0.941. The van der Waals surface area contributed by atoms with Crippen molar-refractivity contribution in [1.29, 1.82) is 0 Å². The molecule has 1 amide bonds. The van der Waals surface area contributed by atoms with Crippen LogP contribution in [0.25, 0.3) is 0 Å². The quantitative estimate of drug-likeness (QED) is 0.809. The minimum Gasteiger partial charge on any atom is -0.326 e. The Bertz CT molecular complexity index is 321. The minimum absolute atomic E-state index is 0.0221. The lowest BCUT2D eigenvalue weighted by molar-refractivity contribution is -0.131. The van der Waals surface area contributed by atoms with E-state index >= 15 is 0 Å². The molecule has 3 heteroatoms. The molecule has 0 aromatic rings. The first kappa shape index (κ1) is 15.8. The van der Waals surface area contributed by atoms with Crippen molar-refractivity contribution in [2.75, 3.05) is 6.54 Å². The first-order chi connectivity index (χ1) is 9.50. The topological polar surface area (TPSA) is 32.3 Å². The molecule has 2 fully saturated rings. The lowest BCUT2D eigenvalue weighted by Gasteiger charge is -2.27. The molecule has 1 aliphatic heterocycles. The van der Waals surface area contributed by atoms with Gasteiger partial charge in [0, 0.05) is 6.54 Å². The second-order valence-corrected chi connectivity index (χ2v) is 7.40. The van der Waals surface area contributed by atoms with Crippen molar-refractivity contribution in [2.24, 2.45) is 17.8 Å². The van der Waals surface area contributed by atoms with Gasteiger partial charge in [0.1, 0.15) is 0 Å². The molecule has 20 heavy (non-hydrogen) atoms. The summed E-state index contributed by atoms with van der Waals surface area (Å²) in [6, 6.07) is 0.0221. The molecule has 1 N–H and O–H groups in total. The average Bonchev–Trinajstić information content (AvgIpc) is 2.98. The second kappa shape index (κ2) is 6.93. The molecule has 0 bridgehead atoms. The van der Waals surface area contributed by atoms with Crippen LogP contribution in [-0.4, -0.2) is 29.6 Å². The third-order valence-corrected chi connectivity index (χ3v) is 5.02. The highest BCUT2D eigenvalue weighted by molar-refractivity contribution is 5.84. The number of hydrogen-bond acceptors (Lipinski definition) is 2. The normalized spacial score (nSPS) is 28.3. The van der Waals surface area contributed by atoms with Crippen molar-refractivity contribution in [2.45, 2.75) is 78.4 Å². The van der Waals surface area contributed by atoms with E-state index in [1.807, 2.05) is 0 Å². The highest BCUT2D eigenvalue weighted by atomic mass is 16.2. The SMILES string of the molecule is CC(C)C1NC(C(C)C)N(CCCC2CCCC2)C1=O. The van der Waals surface area contributed by atoms with Crippen LogP contribution in [0.4, 0.5) is 0 Å². The van der Waals surface area contributed by atoms with E-state index < -0.39 is 0 Å². The molecule has 3 nitrogen and oxygen atoms in total. The maximum atomic E-state index is 12.6. The molecule has 0 spiro atoms. The van der Waals surface area contributed by atoms with Crippen LogP contribution in [0.15, 0.2) is 0 Å². The highest BCUT2D eigenvalue weighted by Crippen LogP contribution is 2.29. The molecule has 1 heterocycles. The lowest BCUT2D eigenvalue weighted by atomic mass is 10.0. The molecule has 0 aromatic heterocycles. The van der Waals surface area contributed by atoms with E-state index in [0.717, 1.165) is 12.5 Å². The largest absolute Gasteiger partial charge is 0.326 e. The van der Waals surface area contributed by atoms with Crippen molar-refractivity contribution in [1.82, 2.24) is 10.2 Å². The van der Waals surface area contributed by atoms with Crippen LogP contribution >= 0.6 is 0 Å². The summed E-state index contributed by atoms with van der Waals surface area (Å²) in [5.74, 6) is 2.11. The minimum atomic E-state index is 0.0221. The van der Waals surface area contributed by atoms with Crippen molar-refractivity contribution in [3.63, 3.8) is 0 Å². The van der Waals surface area contributed by atoms with E-state index in [0.29, 0.717) is 17.7 Å². The molecule has 0 radical (unpaired) electrons. The van der Waals surface area contributed by atoms with Crippen LogP contribution in [0.1, 0.15) is 66.2 Å². The van der Waals surface area contributed by atoms with Crippen LogP contribution in [0.3, 0.4) is 0 Å². The monoisotopic (exact) mass is 280 g/mol. The van der Waals surface area contributed by atoms with Crippen LogP contribution < -0.4 is 5.32 Å². The van der Waals surface area contributed by atoms with Crippen LogP contribution in [0.5, 0.6) is 0 Å². The smallest absolute Gasteiger partial charge is 0.241 e. The lowest BCUT2D eigenvalue weighted by Crippen LogP contribution is -2.42. The third kappa shape index (κ3) is 3.55. The van der Waals surface area contributed by atoms with Crippen molar-refractivity contribution in [3.8, 4) is 0 Å². The Kier molecular flexibility index (Phi) is 5.48. The van der Waals surface area contributed by atoms with Gasteiger partial charge in [-0.05, 0) is 30.6 Å². The van der Waals surface area contributed by atoms with E-state index in [9.17, 15) is 4.79 Å². The zero-order valence-electron chi connectivity index (χ0n) is 13.7. The number of carbonyl (C=O) groups excluding carboxylic acids is 1. The van der Waals surface area contributed by atoms with Gasteiger partial charge in [0.25, 0.3) is 0 Å². The van der Waals surface area contributed by atoms with Gasteiger partial charge in [-0.2, -0.15) is 0 Å². The molecule has 116 valence electrons. The molecular weight excluding hydrogens is 248 g/mol. The van der Waals surface area contributed by atoms with Gasteiger partial charge < -0.3 is 4.90 Å². The van der Waals surface area contributed by atoms with Crippen LogP contribution in [0.2, 0.25) is 0 Å². The first-order valence-electron chi connectivity index (χ1n) is 8.57. The Labute approximate surface area is 124 Å². The summed E-state index contributed by atoms with van der Waals surface area (Å²) in [5.41, 5.74) is 0. The summed E-state index contributed by atoms with van der Waals surface area (Å²) >= 11 is 0. The number of rotatable bonds is 6. The zero-order valence-corrected chi connectivity index (χ0v) is 13.7. The Morgan fingerprint density at radius 2 is 1.80 bits per heavy atom. The molecule has 2 aliphatic rings. The fourth-order valence-corrected chi connectivity index (χ4v) is 3.79. The molecule has 1 saturated heterocycles. The summed E-state index contributed by atoms with van der Waals surface area (Å²) in [6.07, 6.45) is 8.37. The fourth-order valence-electron chi connectivity index (χ4n) is 3.79. The zero-order chi connectivity index (χ0) is 14.7. The van der Waals surface area contributed by atoms with E-state index in [1.54, 1.807) is 0 Å². The van der Waals surface area contributed by atoms with E-state index in [-0.39, 0.29) is 12.2 Å². The summed E-state index contributed by atoms with van der Waals surface area (Å²) in [5, 5.41) is 3.54. The van der Waals surface area contributed by atoms with Gasteiger partial charge in [-0.3, -0.25) is 10.1 Å². The molecule has 1 saturated carbocycles. The van der Waals surface area contributed by atoms with Crippen molar-refractivity contribution < 1.29 is 4.79 Å². The molecule has 2 atom stereocenters. The molecular formula is C17H32N2O. The maximum absolute atomic E-state index is 12.6. The Morgan fingerprint density at radius 3 is 2.35 bits per heavy atom. The van der Waals surface area contributed by atoms with Gasteiger partial charge in [0.05, 0.1) is 12.2 Å². The van der Waals surface area contributed by atoms with Gasteiger partial charge in [0.15, 0.2) is 0 Å². The Balaban J connectivity index is 1.87. The van der Waals surface area contributed by atoms with Gasteiger partial charge in [-0.25, -0.2) is 0 Å². The van der Waals surface area contributed by atoms with Gasteiger partial charge >= 0.3 is 0 Å². The van der Waals surface area contributed by atoms with Gasteiger partial charge in [0.2, 0.25) is 5.91 Å². The molecule has 1 aliphatic carbocycles. The maximum Gasteiger partial charge on any atom is 0.241 e. The summed E-state index contributed by atoms with van der Waals surface area (Å²) in [4.78, 5) is 14.7. The number of nitrogens with one attached hydrogen (secondary N) is 1. The van der Waals surface area contributed by atoms with Crippen LogP contribution in [0, 0.1) is 17.8 Å². The van der Waals surface area contributed by atoms with E-state index in [4.69, 9.17) is 0 Å². The van der Waals surface area contributed by atoms with Crippen LogP contribution in [-0.2, 0) is 4.79 Å². The van der Waals surface area contributed by atoms with Crippen molar-refractivity contribution in [3.05, 3.63) is 0 Å². The standard InChI is InChI=1S/C17H32N2O/c1-12(2)15-17(20)19(16(18-15)13(3)4)11-7-10-14-8-5-6-9-14/h12-16,18H,5-11H2,1-4H3. The number of nitrogens with zero attached hydrogens (tertiary/aromatic N) is 1. The highest BCUT2D eigenvalue weighted by Gasteiger charge is 2.41. The predicted octanol–water partition coefficient (Wildman–Crippen LogP) is 3.40. The van der Waals surface area contributed by atoms with Gasteiger partial charge in [-0.1, -0.05) is 53.4 Å². The van der Waals surface area contributed by atoms with Crippen molar-refractivity contribution >= 4 is 5.91 Å². The van der Waals surface area contributed by atoms with Gasteiger partial charge in [-0.15, -0.1) is 0 Å². The molecule has 0 aromatic carbocycles. The van der Waals surface area contributed by atoms with E-state index in [1.165, 1.54) is 38.5 Å². The first-order valence-corrected chi connectivity index (χ1v) is 8.57.